The van der Waals surface area contributed by atoms with E-state index in [1.807, 2.05) is 60.3 Å². The molecule has 2 amide bonds. The number of hydrogen-bond acceptors (Lipinski definition) is 3. The monoisotopic (exact) mass is 416 g/mol. The average molecular weight is 417 g/mol. The fourth-order valence-corrected chi connectivity index (χ4v) is 2.97. The van der Waals surface area contributed by atoms with Gasteiger partial charge in [-0.15, -0.1) is 0 Å². The first-order valence-electron chi connectivity index (χ1n) is 10.2. The Hall–Kier alpha value is -3.67. The summed E-state index contributed by atoms with van der Waals surface area (Å²) in [4.78, 5) is 23.7. The van der Waals surface area contributed by atoms with Crippen molar-refractivity contribution in [3.05, 3.63) is 83.6 Å². The molecule has 0 atom stereocenters. The third kappa shape index (κ3) is 5.92. The molecule has 0 aliphatic heterocycles. The maximum atomic E-state index is 12.3. The van der Waals surface area contributed by atoms with Crippen molar-refractivity contribution in [2.45, 2.75) is 27.3 Å². The van der Waals surface area contributed by atoms with Crippen molar-refractivity contribution in [3.8, 4) is 11.3 Å². The van der Waals surface area contributed by atoms with Crippen molar-refractivity contribution in [3.63, 3.8) is 0 Å². The summed E-state index contributed by atoms with van der Waals surface area (Å²) in [6.07, 6.45) is 5.13. The number of carbonyl (C=O) groups excluding carboxylic acids is 2. The minimum atomic E-state index is -0.808. The molecular weight excluding hydrogens is 388 g/mol. The first-order valence-corrected chi connectivity index (χ1v) is 10.2. The first-order chi connectivity index (χ1) is 14.7. The number of aryl methyl sites for hydroxylation is 1. The lowest BCUT2D eigenvalue weighted by atomic mass is 9.93. The van der Waals surface area contributed by atoms with Gasteiger partial charge in [-0.25, -0.2) is 0 Å². The molecule has 31 heavy (non-hydrogen) atoms. The number of nitrogens with zero attached hydrogens (tertiary/aromatic N) is 2. The minimum Gasteiger partial charge on any atom is -0.369 e. The van der Waals surface area contributed by atoms with E-state index in [1.54, 1.807) is 19.9 Å². The Kier molecular flexibility index (Phi) is 6.70. The molecule has 3 rings (SSSR count). The lowest BCUT2D eigenvalue weighted by Crippen LogP contribution is -2.41. The molecule has 0 aliphatic carbocycles. The molecule has 3 aromatic rings. The van der Waals surface area contributed by atoms with Crippen molar-refractivity contribution in [1.29, 1.82) is 0 Å². The number of primary amides is 1. The Morgan fingerprint density at radius 2 is 1.77 bits per heavy atom. The van der Waals surface area contributed by atoms with Crippen LogP contribution in [0.3, 0.4) is 0 Å². The molecule has 6 heteroatoms. The third-order valence-corrected chi connectivity index (χ3v) is 5.09. The van der Waals surface area contributed by atoms with Crippen molar-refractivity contribution >= 4 is 17.9 Å². The normalized spacial score (nSPS) is 11.6. The second-order valence-corrected chi connectivity index (χ2v) is 8.28. The molecule has 0 bridgehead atoms. The van der Waals surface area contributed by atoms with Gasteiger partial charge in [-0.2, -0.15) is 5.10 Å². The largest absolute Gasteiger partial charge is 0.369 e. The summed E-state index contributed by atoms with van der Waals surface area (Å²) in [6, 6.07) is 18.2. The van der Waals surface area contributed by atoms with E-state index in [4.69, 9.17) is 10.8 Å². The summed E-state index contributed by atoms with van der Waals surface area (Å²) < 4.78 is 1.87. The van der Waals surface area contributed by atoms with Crippen LogP contribution in [-0.2, 0) is 16.1 Å². The van der Waals surface area contributed by atoms with Gasteiger partial charge in [-0.3, -0.25) is 14.3 Å². The molecule has 6 nitrogen and oxygen atoms in total. The van der Waals surface area contributed by atoms with Gasteiger partial charge in [0.05, 0.1) is 17.7 Å². The van der Waals surface area contributed by atoms with Crippen LogP contribution in [0.5, 0.6) is 0 Å². The molecule has 0 saturated heterocycles. The quantitative estimate of drug-likeness (QED) is 0.550. The van der Waals surface area contributed by atoms with Gasteiger partial charge in [-0.1, -0.05) is 60.2 Å². The topological polar surface area (TPSA) is 90.0 Å². The van der Waals surface area contributed by atoms with Gasteiger partial charge in [0.2, 0.25) is 11.8 Å². The van der Waals surface area contributed by atoms with Gasteiger partial charge in [0.15, 0.2) is 0 Å². The van der Waals surface area contributed by atoms with E-state index in [2.05, 4.69) is 17.4 Å². The van der Waals surface area contributed by atoms with Gasteiger partial charge in [0, 0.05) is 29.9 Å². The van der Waals surface area contributed by atoms with E-state index >= 15 is 0 Å². The van der Waals surface area contributed by atoms with E-state index in [-0.39, 0.29) is 12.5 Å². The Labute approximate surface area is 182 Å². The Balaban J connectivity index is 1.83. The van der Waals surface area contributed by atoms with Crippen molar-refractivity contribution in [2.24, 2.45) is 11.1 Å². The number of aromatic nitrogens is 2. The van der Waals surface area contributed by atoms with Crippen LogP contribution in [0, 0.1) is 12.3 Å². The molecule has 0 fully saturated rings. The van der Waals surface area contributed by atoms with Crippen LogP contribution in [-0.4, -0.2) is 28.1 Å². The van der Waals surface area contributed by atoms with Crippen LogP contribution in [0.25, 0.3) is 17.3 Å². The Bertz CT molecular complexity index is 1080. The maximum absolute atomic E-state index is 12.3. The van der Waals surface area contributed by atoms with Crippen LogP contribution in [0.2, 0.25) is 0 Å². The van der Waals surface area contributed by atoms with Crippen LogP contribution in [0.4, 0.5) is 0 Å². The molecule has 0 spiro atoms. The summed E-state index contributed by atoms with van der Waals surface area (Å²) in [6.45, 7) is 6.23. The highest BCUT2D eigenvalue weighted by atomic mass is 16.2. The standard InChI is InChI=1S/C25H28N4O2/c1-18-9-11-20(12-10-18)23-21(13-14-22(30)27-17-25(2,3)24(26)31)16-29(28-23)15-19-7-5-4-6-8-19/h4-14,16H,15,17H2,1-3H3,(H2,26,31)(H,27,30). The minimum absolute atomic E-state index is 0.170. The number of nitrogens with one attached hydrogen (secondary N) is 1. The van der Waals surface area contributed by atoms with Crippen molar-refractivity contribution in [2.75, 3.05) is 6.54 Å². The second kappa shape index (κ2) is 9.43. The summed E-state index contributed by atoms with van der Waals surface area (Å²) in [5, 5.41) is 7.50. The molecule has 0 unspecified atom stereocenters. The second-order valence-electron chi connectivity index (χ2n) is 8.28. The van der Waals surface area contributed by atoms with E-state index in [1.165, 1.54) is 11.6 Å². The molecule has 160 valence electrons. The first kappa shape index (κ1) is 22.0. The zero-order valence-corrected chi connectivity index (χ0v) is 18.1. The molecule has 2 aromatic carbocycles. The summed E-state index contributed by atoms with van der Waals surface area (Å²) in [7, 11) is 0. The van der Waals surface area contributed by atoms with Crippen molar-refractivity contribution < 1.29 is 9.59 Å². The Morgan fingerprint density at radius 3 is 2.42 bits per heavy atom. The van der Waals surface area contributed by atoms with Crippen LogP contribution in [0.15, 0.2) is 66.9 Å². The molecule has 3 N–H and O–H groups in total. The number of nitrogens with two attached hydrogens (primary N) is 1. The summed E-state index contributed by atoms with van der Waals surface area (Å²) >= 11 is 0. The predicted octanol–water partition coefficient (Wildman–Crippen LogP) is 3.55. The number of hydrogen-bond donors (Lipinski definition) is 2. The van der Waals surface area contributed by atoms with Crippen LogP contribution >= 0.6 is 0 Å². The molecule has 0 aliphatic rings. The van der Waals surface area contributed by atoms with Gasteiger partial charge in [-0.05, 0) is 32.4 Å². The zero-order chi connectivity index (χ0) is 22.4. The third-order valence-electron chi connectivity index (χ3n) is 5.09. The lowest BCUT2D eigenvalue weighted by molar-refractivity contribution is -0.126. The SMILES string of the molecule is Cc1ccc(-c2nn(Cc3ccccc3)cc2C=CC(=O)NCC(C)(C)C(N)=O)cc1. The van der Waals surface area contributed by atoms with E-state index in [0.717, 1.165) is 22.4 Å². The predicted molar refractivity (Wildman–Crippen MR) is 123 cm³/mol. The lowest BCUT2D eigenvalue weighted by Gasteiger charge is -2.19. The fourth-order valence-electron chi connectivity index (χ4n) is 2.97. The van der Waals surface area contributed by atoms with Gasteiger partial charge in [0.25, 0.3) is 0 Å². The zero-order valence-electron chi connectivity index (χ0n) is 18.1. The van der Waals surface area contributed by atoms with E-state index < -0.39 is 11.3 Å². The maximum Gasteiger partial charge on any atom is 0.244 e. The summed E-state index contributed by atoms with van der Waals surface area (Å²) in [5.41, 5.74) is 9.48. The van der Waals surface area contributed by atoms with Crippen LogP contribution < -0.4 is 11.1 Å². The smallest absolute Gasteiger partial charge is 0.244 e. The number of carbonyl (C=O) groups is 2. The molecule has 0 saturated carbocycles. The molecule has 1 aromatic heterocycles. The van der Waals surface area contributed by atoms with E-state index in [0.29, 0.717) is 6.54 Å². The van der Waals surface area contributed by atoms with Gasteiger partial charge >= 0.3 is 0 Å². The van der Waals surface area contributed by atoms with Gasteiger partial charge < -0.3 is 11.1 Å². The molecule has 1 heterocycles. The van der Waals surface area contributed by atoms with Crippen molar-refractivity contribution in [1.82, 2.24) is 15.1 Å². The van der Waals surface area contributed by atoms with Gasteiger partial charge in [0.1, 0.15) is 0 Å². The highest BCUT2D eigenvalue weighted by Gasteiger charge is 2.25. The molecular formula is C25H28N4O2. The van der Waals surface area contributed by atoms with Crippen LogP contribution in [0.1, 0.15) is 30.5 Å². The highest BCUT2D eigenvalue weighted by Crippen LogP contribution is 2.24. The van der Waals surface area contributed by atoms with E-state index in [9.17, 15) is 9.59 Å². The number of rotatable bonds is 8. The number of amides is 2. The number of benzene rings is 2. The highest BCUT2D eigenvalue weighted by molar-refractivity contribution is 5.93. The molecule has 0 radical (unpaired) electrons. The fraction of sp³-hybridized carbons (Fsp3) is 0.240. The summed E-state index contributed by atoms with van der Waals surface area (Å²) in [5.74, 6) is -0.749. The Morgan fingerprint density at radius 1 is 1.10 bits per heavy atom. The average Bonchev–Trinajstić information content (AvgIpc) is 3.14.